The van der Waals surface area contributed by atoms with Gasteiger partial charge in [0, 0.05) is 30.3 Å². The highest BCUT2D eigenvalue weighted by molar-refractivity contribution is 5.81. The molecule has 4 rings (SSSR count). The highest BCUT2D eigenvalue weighted by Crippen LogP contribution is 2.36. The Bertz CT molecular complexity index is 1200. The highest BCUT2D eigenvalue weighted by atomic mass is 16.5. The maximum absolute atomic E-state index is 13.1. The van der Waals surface area contributed by atoms with Crippen LogP contribution in [-0.4, -0.2) is 17.6 Å². The summed E-state index contributed by atoms with van der Waals surface area (Å²) in [7, 11) is 3.14. The number of nitrogens with zero attached hydrogens (tertiary/aromatic N) is 1. The van der Waals surface area contributed by atoms with Gasteiger partial charge in [-0.05, 0) is 25.1 Å². The average Bonchev–Trinajstić information content (AvgIpc) is 2.65. The number of aryl methyl sites for hydroxylation is 1. The maximum atomic E-state index is 13.1. The van der Waals surface area contributed by atoms with Gasteiger partial charge in [0.25, 0.3) is 5.56 Å². The molecule has 1 atom stereocenters. The molecule has 3 heterocycles. The summed E-state index contributed by atoms with van der Waals surface area (Å²) in [5.74, 6) is -0.512. The number of ether oxygens (including phenoxy) is 2. The van der Waals surface area contributed by atoms with Gasteiger partial charge in [0.2, 0.25) is 0 Å². The Kier molecular flexibility index (Phi) is 3.87. The summed E-state index contributed by atoms with van der Waals surface area (Å²) in [5.41, 5.74) is 0.991. The van der Waals surface area contributed by atoms with Gasteiger partial charge in [-0.15, -0.1) is 0 Å². The fourth-order valence-corrected chi connectivity index (χ4v) is 3.41. The maximum Gasteiger partial charge on any atom is 0.312 e. The number of aromatic nitrogens is 1. The molecular weight excluding hydrogens is 350 g/mol. The smallest absolute Gasteiger partial charge is 0.312 e. The van der Waals surface area contributed by atoms with Gasteiger partial charge in [-0.25, -0.2) is 0 Å². The Balaban J connectivity index is 1.99. The van der Waals surface area contributed by atoms with Gasteiger partial charge in [-0.1, -0.05) is 0 Å². The van der Waals surface area contributed by atoms with Gasteiger partial charge in [0.15, 0.2) is 5.43 Å². The molecule has 0 fully saturated rings. The summed E-state index contributed by atoms with van der Waals surface area (Å²) in [4.78, 5) is 38.0. The summed E-state index contributed by atoms with van der Waals surface area (Å²) in [6.07, 6.45) is 1.22. The molecule has 0 saturated heterocycles. The quantitative estimate of drug-likeness (QED) is 0.646. The third kappa shape index (κ3) is 2.63. The van der Waals surface area contributed by atoms with Gasteiger partial charge in [0.1, 0.15) is 17.1 Å². The lowest BCUT2D eigenvalue weighted by Crippen LogP contribution is -2.33. The third-order valence-corrected chi connectivity index (χ3v) is 4.99. The molecule has 0 amide bonds. The van der Waals surface area contributed by atoms with Crippen LogP contribution in [0.1, 0.15) is 29.2 Å². The molecular formula is C20H17NO6. The number of rotatable bonds is 2. The van der Waals surface area contributed by atoms with Crippen molar-refractivity contribution in [3.8, 4) is 11.5 Å². The number of fused-ring (bicyclic) bond motifs is 2. The van der Waals surface area contributed by atoms with E-state index in [1.165, 1.54) is 17.9 Å². The molecule has 0 saturated carbocycles. The van der Waals surface area contributed by atoms with Gasteiger partial charge in [-0.3, -0.25) is 14.4 Å². The van der Waals surface area contributed by atoms with E-state index in [1.54, 1.807) is 38.2 Å². The topological polar surface area (TPSA) is 87.7 Å². The van der Waals surface area contributed by atoms with E-state index in [0.29, 0.717) is 22.4 Å². The minimum atomic E-state index is -0.729. The van der Waals surface area contributed by atoms with Crippen LogP contribution >= 0.6 is 0 Å². The lowest BCUT2D eigenvalue weighted by molar-refractivity contribution is -0.135. The summed E-state index contributed by atoms with van der Waals surface area (Å²) in [5, 5.41) is 0.330. The molecule has 7 nitrogen and oxygen atoms in total. The number of pyridine rings is 1. The molecule has 0 bridgehead atoms. The predicted molar refractivity (Wildman–Crippen MR) is 97.6 cm³/mol. The molecule has 1 aliphatic rings. The fourth-order valence-electron chi connectivity index (χ4n) is 3.41. The molecule has 0 unspecified atom stereocenters. The van der Waals surface area contributed by atoms with Crippen LogP contribution in [0.4, 0.5) is 0 Å². The minimum Gasteiger partial charge on any atom is -0.497 e. The largest absolute Gasteiger partial charge is 0.497 e. The Morgan fingerprint density at radius 1 is 1.19 bits per heavy atom. The molecule has 7 heteroatoms. The van der Waals surface area contributed by atoms with Crippen molar-refractivity contribution in [2.45, 2.75) is 19.3 Å². The van der Waals surface area contributed by atoms with Crippen molar-refractivity contribution in [2.75, 3.05) is 7.11 Å². The van der Waals surface area contributed by atoms with E-state index >= 15 is 0 Å². The van der Waals surface area contributed by atoms with E-state index < -0.39 is 11.9 Å². The van der Waals surface area contributed by atoms with Crippen LogP contribution in [0, 0.1) is 6.92 Å². The lowest BCUT2D eigenvalue weighted by atomic mass is 9.87. The molecule has 1 aromatic carbocycles. The van der Waals surface area contributed by atoms with E-state index in [2.05, 4.69) is 0 Å². The zero-order valence-electron chi connectivity index (χ0n) is 15.1. The Morgan fingerprint density at radius 3 is 2.70 bits per heavy atom. The van der Waals surface area contributed by atoms with Gasteiger partial charge < -0.3 is 18.5 Å². The first kappa shape index (κ1) is 17.1. The van der Waals surface area contributed by atoms with E-state index in [4.69, 9.17) is 13.9 Å². The monoisotopic (exact) mass is 367 g/mol. The SMILES string of the molecule is COc1ccc2occ([C@@H]3CC(=O)Oc4cc(C)n(C)c(=O)c43)c(=O)c2c1. The molecule has 0 aliphatic carbocycles. The molecule has 0 spiro atoms. The minimum absolute atomic E-state index is 0.106. The van der Waals surface area contributed by atoms with Crippen molar-refractivity contribution in [3.63, 3.8) is 0 Å². The number of benzene rings is 1. The average molecular weight is 367 g/mol. The molecule has 3 aromatic rings. The van der Waals surface area contributed by atoms with E-state index in [1.807, 2.05) is 0 Å². The summed E-state index contributed by atoms with van der Waals surface area (Å²) in [6.45, 7) is 1.75. The Hall–Kier alpha value is -3.35. The Morgan fingerprint density at radius 2 is 1.96 bits per heavy atom. The number of carbonyl (C=O) groups excluding carboxylic acids is 1. The zero-order valence-corrected chi connectivity index (χ0v) is 15.1. The normalized spacial score (nSPS) is 16.1. The van der Waals surface area contributed by atoms with Crippen molar-refractivity contribution in [1.82, 2.24) is 4.57 Å². The number of methoxy groups -OCH3 is 1. The summed E-state index contributed by atoms with van der Waals surface area (Å²) < 4.78 is 17.5. The molecule has 2 aromatic heterocycles. The van der Waals surface area contributed by atoms with E-state index in [-0.39, 0.29) is 34.3 Å². The number of hydrogen-bond donors (Lipinski definition) is 0. The van der Waals surface area contributed by atoms with Crippen LogP contribution in [-0.2, 0) is 11.8 Å². The second-order valence-electron chi connectivity index (χ2n) is 6.54. The highest BCUT2D eigenvalue weighted by Gasteiger charge is 2.34. The third-order valence-electron chi connectivity index (χ3n) is 4.99. The first-order valence-corrected chi connectivity index (χ1v) is 8.41. The molecule has 1 aliphatic heterocycles. The predicted octanol–water partition coefficient (Wildman–Crippen LogP) is 2.25. The molecule has 0 N–H and O–H groups in total. The number of hydrogen-bond acceptors (Lipinski definition) is 6. The van der Waals surface area contributed by atoms with Crippen molar-refractivity contribution >= 4 is 16.9 Å². The van der Waals surface area contributed by atoms with Crippen LogP contribution in [0.25, 0.3) is 11.0 Å². The summed E-state index contributed by atoms with van der Waals surface area (Å²) in [6, 6.07) is 6.55. The molecule has 0 radical (unpaired) electrons. The summed E-state index contributed by atoms with van der Waals surface area (Å²) >= 11 is 0. The van der Waals surface area contributed by atoms with Crippen LogP contribution in [0.3, 0.4) is 0 Å². The van der Waals surface area contributed by atoms with Crippen LogP contribution in [0.15, 0.2) is 44.5 Å². The van der Waals surface area contributed by atoms with E-state index in [9.17, 15) is 14.4 Å². The fraction of sp³-hybridized carbons (Fsp3) is 0.250. The molecule has 138 valence electrons. The van der Waals surface area contributed by atoms with Crippen molar-refractivity contribution < 1.29 is 18.7 Å². The zero-order chi connectivity index (χ0) is 19.3. The van der Waals surface area contributed by atoms with Crippen molar-refractivity contribution in [1.29, 1.82) is 0 Å². The number of carbonyl (C=O) groups is 1. The van der Waals surface area contributed by atoms with Gasteiger partial charge in [-0.2, -0.15) is 0 Å². The second kappa shape index (κ2) is 6.12. The van der Waals surface area contributed by atoms with Crippen LogP contribution < -0.4 is 20.5 Å². The number of esters is 1. The van der Waals surface area contributed by atoms with Gasteiger partial charge >= 0.3 is 5.97 Å². The first-order chi connectivity index (χ1) is 12.9. The van der Waals surface area contributed by atoms with Gasteiger partial charge in [0.05, 0.1) is 30.7 Å². The first-order valence-electron chi connectivity index (χ1n) is 8.41. The van der Waals surface area contributed by atoms with Crippen molar-refractivity contribution in [3.05, 3.63) is 67.9 Å². The Labute approximate surface area is 153 Å². The second-order valence-corrected chi connectivity index (χ2v) is 6.54. The standard InChI is InChI=1S/C20H17NO6/c1-10-6-16-18(20(24)21(10)2)12(8-17(22)27-16)14-9-26-15-5-4-11(25-3)7-13(15)19(14)23/h4-7,9,12H,8H2,1-3H3/t12-/m0/s1. The van der Waals surface area contributed by atoms with Crippen LogP contribution in [0.2, 0.25) is 0 Å². The lowest BCUT2D eigenvalue weighted by Gasteiger charge is -2.24. The van der Waals surface area contributed by atoms with Crippen LogP contribution in [0.5, 0.6) is 11.5 Å². The molecule has 27 heavy (non-hydrogen) atoms. The van der Waals surface area contributed by atoms with Crippen molar-refractivity contribution in [2.24, 2.45) is 7.05 Å². The van der Waals surface area contributed by atoms with E-state index in [0.717, 1.165) is 0 Å².